The molecule has 1 saturated heterocycles. The number of ether oxygens (including phenoxy) is 1. The van der Waals surface area contributed by atoms with Gasteiger partial charge in [0.2, 0.25) is 0 Å². The molecule has 1 fully saturated rings. The summed E-state index contributed by atoms with van der Waals surface area (Å²) in [7, 11) is -11.5. The number of oxime groups is 3. The number of benzene rings is 3. The van der Waals surface area contributed by atoms with Crippen LogP contribution in [0.15, 0.2) is 70.1 Å². The maximum absolute atomic E-state index is 14.2. The van der Waals surface area contributed by atoms with Crippen molar-refractivity contribution < 1.29 is 87.2 Å². The Balaban J connectivity index is 0.000000230. The van der Waals surface area contributed by atoms with Gasteiger partial charge in [0.1, 0.15) is 35.8 Å². The second-order valence-electron chi connectivity index (χ2n) is 20.3. The van der Waals surface area contributed by atoms with Crippen LogP contribution in [0.2, 0.25) is 0 Å². The molecule has 4 aliphatic heterocycles. The van der Waals surface area contributed by atoms with E-state index < -0.39 is 104 Å². The van der Waals surface area contributed by atoms with E-state index in [1.807, 2.05) is 0 Å². The second kappa shape index (κ2) is 27.8. The monoisotopic (exact) mass is 1220 g/mol. The third-order valence-electron chi connectivity index (χ3n) is 14.1. The molecule has 0 saturated carbocycles. The van der Waals surface area contributed by atoms with Gasteiger partial charge >= 0.3 is 5.97 Å². The van der Waals surface area contributed by atoms with E-state index in [4.69, 9.17) is 29.3 Å². The lowest BCUT2D eigenvalue weighted by atomic mass is 9.96. The summed E-state index contributed by atoms with van der Waals surface area (Å²) in [6.07, 6.45) is 2.46. The summed E-state index contributed by atoms with van der Waals surface area (Å²) in [6.45, 7) is 9.02. The Morgan fingerprint density at radius 2 is 0.952 bits per heavy atom. The lowest BCUT2D eigenvalue weighted by Gasteiger charge is -2.29. The van der Waals surface area contributed by atoms with Crippen LogP contribution in [0.1, 0.15) is 133 Å². The summed E-state index contributed by atoms with van der Waals surface area (Å²) < 4.78 is 115. The van der Waals surface area contributed by atoms with Crippen molar-refractivity contribution in [2.75, 3.05) is 25.4 Å². The average molecular weight is 1220 g/mol. The summed E-state index contributed by atoms with van der Waals surface area (Å²) in [6, 6.07) is 13.4. The van der Waals surface area contributed by atoms with Gasteiger partial charge in [-0.2, -0.15) is 0 Å². The maximum Gasteiger partial charge on any atom is 0.324 e. The molecule has 0 radical (unpaired) electrons. The number of carboxylic acid groups (broad SMARTS) is 1. The van der Waals surface area contributed by atoms with Crippen LogP contribution >= 0.6 is 0 Å². The molecule has 0 aliphatic carbocycles. The van der Waals surface area contributed by atoms with E-state index in [0.29, 0.717) is 46.9 Å². The highest BCUT2D eigenvalue weighted by atomic mass is 32.2. The van der Waals surface area contributed by atoms with Crippen LogP contribution in [0.4, 0.5) is 13.2 Å². The Labute approximate surface area is 480 Å². The number of nitrogens with zero attached hydrogens (tertiary/aromatic N) is 3. The van der Waals surface area contributed by atoms with Crippen LogP contribution < -0.4 is 11.0 Å². The van der Waals surface area contributed by atoms with Gasteiger partial charge in [-0.3, -0.25) is 19.6 Å². The van der Waals surface area contributed by atoms with Crippen molar-refractivity contribution in [2.45, 2.75) is 138 Å². The number of amides is 2. The van der Waals surface area contributed by atoms with E-state index in [2.05, 4.69) is 56.5 Å². The molecule has 0 bridgehead atoms. The van der Waals surface area contributed by atoms with Crippen molar-refractivity contribution in [3.05, 3.63) is 105 Å². The number of carboxylic acids is 1. The maximum atomic E-state index is 14.2. The standard InChI is InChI=1S/C22H27FN2O6S.C17H19FN2O5S.C17H18FNO5S/c1-4-7-15-9-10-16(12-18(15)23)19-13-17(30-24-19)14-22(2,32(3,27)28)21(26)25-31-20-8-5-6-11-29-20;1-4-5-11-6-7-12(8-14(11)18)15-9-13(25-20-15)10-17(2,16(21)19-22)26(3,23)24;1-4-5-11-6-7-12(8-14(11)18)15-9-13(24-19-15)10-17(2,16(20)21)25(3,22)23/h9-10,12,17,20H,5-6,8,11,13-14H2,1-3H3,(H,25,26);6-8,13,22H,9-10H2,1-3H3,(H,19,21);6-8,13H,9-10H2,1-3H3,(H,20,21). The molecular weight excluding hydrogens is 1150 g/mol. The first-order valence-electron chi connectivity index (χ1n) is 25.5. The van der Waals surface area contributed by atoms with E-state index in [1.54, 1.807) is 45.0 Å². The highest BCUT2D eigenvalue weighted by Crippen LogP contribution is 2.33. The van der Waals surface area contributed by atoms with Gasteiger partial charge in [-0.1, -0.05) is 51.4 Å². The molecule has 83 heavy (non-hydrogen) atoms. The van der Waals surface area contributed by atoms with Gasteiger partial charge in [-0.05, 0) is 90.8 Å². The number of nitrogens with one attached hydrogen (secondary N) is 2. The number of sulfone groups is 3. The van der Waals surface area contributed by atoms with Gasteiger partial charge < -0.3 is 24.4 Å². The molecule has 0 spiro atoms. The van der Waals surface area contributed by atoms with Crippen LogP contribution in [-0.2, 0) is 68.0 Å². The van der Waals surface area contributed by atoms with Gasteiger partial charge in [0.25, 0.3) is 11.8 Å². The summed E-state index contributed by atoms with van der Waals surface area (Å²) in [5, 5.41) is 29.9. The highest BCUT2D eigenvalue weighted by Gasteiger charge is 2.50. The van der Waals surface area contributed by atoms with E-state index in [9.17, 15) is 57.9 Å². The molecule has 448 valence electrons. The molecule has 21 nitrogen and oxygen atoms in total. The first-order valence-corrected chi connectivity index (χ1v) is 31.2. The Kier molecular flexibility index (Phi) is 22.3. The fraction of sp³-hybridized carbons (Fsp3) is 0.464. The summed E-state index contributed by atoms with van der Waals surface area (Å²) in [5.41, 5.74) is 7.23. The quantitative estimate of drug-likeness (QED) is 0.0704. The number of carbonyl (C=O) groups excluding carboxylic acids is 2. The summed E-state index contributed by atoms with van der Waals surface area (Å²) in [4.78, 5) is 57.2. The predicted molar refractivity (Wildman–Crippen MR) is 299 cm³/mol. The van der Waals surface area contributed by atoms with Gasteiger partial charge in [0.05, 0.1) is 33.8 Å². The zero-order valence-electron chi connectivity index (χ0n) is 46.9. The highest BCUT2D eigenvalue weighted by molar-refractivity contribution is 7.93. The third kappa shape index (κ3) is 16.5. The number of hydroxylamine groups is 2. The number of rotatable bonds is 17. The normalized spacial score (nSPS) is 20.4. The SMILES string of the molecule is CC#Cc1ccc(C2=NOC(CC(C)(C(=O)NO)S(C)(=O)=O)C2)cc1F.CC#Cc1ccc(C2=NOC(CC(C)(C(=O)NOC3CCCCO3)S(C)(=O)=O)C2)cc1F.CC#Cc1ccc(C2=NOC(CC(C)(C(=O)O)S(C)(=O)=O)C2)cc1F. The first-order chi connectivity index (χ1) is 38.8. The molecule has 3 aromatic rings. The molecule has 2 amide bonds. The predicted octanol–water partition coefficient (Wildman–Crippen LogP) is 5.81. The minimum absolute atomic E-state index is 0.151. The lowest BCUT2D eigenvalue weighted by molar-refractivity contribution is -0.201. The van der Waals surface area contributed by atoms with E-state index in [1.165, 1.54) is 49.7 Å². The Morgan fingerprint density at radius 1 is 0.602 bits per heavy atom. The van der Waals surface area contributed by atoms with Gasteiger partial charge in [-0.15, -0.1) is 17.8 Å². The van der Waals surface area contributed by atoms with Crippen LogP contribution in [0.5, 0.6) is 0 Å². The van der Waals surface area contributed by atoms with Crippen LogP contribution in [0.3, 0.4) is 0 Å². The topological polar surface area (TPSA) is 301 Å². The molecule has 4 aliphatic rings. The first kappa shape index (κ1) is 66.5. The van der Waals surface area contributed by atoms with Crippen molar-refractivity contribution >= 4 is 64.4 Å². The largest absolute Gasteiger partial charge is 0.480 e. The average Bonchev–Trinajstić information content (AvgIpc) is 4.35. The molecule has 0 aromatic heterocycles. The van der Waals surface area contributed by atoms with E-state index in [0.717, 1.165) is 38.5 Å². The molecule has 4 heterocycles. The molecule has 4 N–H and O–H groups in total. The molecule has 7 rings (SSSR count). The van der Waals surface area contributed by atoms with E-state index >= 15 is 0 Å². The smallest absolute Gasteiger partial charge is 0.324 e. The van der Waals surface area contributed by atoms with Crippen molar-refractivity contribution in [1.29, 1.82) is 0 Å². The van der Waals surface area contributed by atoms with Gasteiger partial charge in [0.15, 0.2) is 50.0 Å². The minimum Gasteiger partial charge on any atom is -0.480 e. The minimum atomic E-state index is -3.86. The number of halogens is 3. The summed E-state index contributed by atoms with van der Waals surface area (Å²) >= 11 is 0. The number of hydrogen-bond acceptors (Lipinski definition) is 18. The Bertz CT molecular complexity index is 3620. The zero-order chi connectivity index (χ0) is 61.7. The van der Waals surface area contributed by atoms with Crippen LogP contribution in [-0.4, -0.2) is 135 Å². The zero-order valence-corrected chi connectivity index (χ0v) is 49.3. The fourth-order valence-corrected chi connectivity index (χ4v) is 11.1. The number of carbonyl (C=O) groups is 3. The second-order valence-corrected chi connectivity index (χ2v) is 27.7. The molecule has 27 heteroatoms. The van der Waals surface area contributed by atoms with Crippen molar-refractivity contribution in [3.8, 4) is 35.5 Å². The van der Waals surface area contributed by atoms with E-state index in [-0.39, 0.29) is 55.2 Å². The van der Waals surface area contributed by atoms with Crippen molar-refractivity contribution in [3.63, 3.8) is 0 Å². The van der Waals surface area contributed by atoms with Gasteiger partial charge in [0, 0.05) is 87.0 Å². The van der Waals surface area contributed by atoms with Gasteiger partial charge in [-0.25, -0.2) is 54.2 Å². The van der Waals surface area contributed by atoms with Crippen LogP contribution in [0, 0.1) is 53.0 Å². The van der Waals surface area contributed by atoms with Crippen LogP contribution in [0.25, 0.3) is 0 Å². The molecular formula is C56H64F3N5O16S3. The Morgan fingerprint density at radius 3 is 1.24 bits per heavy atom. The van der Waals surface area contributed by atoms with Crippen molar-refractivity contribution in [1.82, 2.24) is 11.0 Å². The Hall–Kier alpha value is -7.32. The number of hydrogen-bond donors (Lipinski definition) is 4. The third-order valence-corrected chi connectivity index (χ3v) is 20.1. The molecule has 7 unspecified atom stereocenters. The summed E-state index contributed by atoms with van der Waals surface area (Å²) in [5.74, 6) is 11.0. The fourth-order valence-electron chi connectivity index (χ4n) is 8.59. The molecule has 3 aromatic carbocycles. The number of aliphatic carboxylic acids is 1. The molecule has 7 atom stereocenters. The van der Waals surface area contributed by atoms with Crippen molar-refractivity contribution in [2.24, 2.45) is 15.5 Å². The lowest BCUT2D eigenvalue weighted by Crippen LogP contribution is -2.52.